The molecule has 0 aliphatic carbocycles. The molecule has 0 bridgehead atoms. The van der Waals surface area contributed by atoms with Crippen molar-refractivity contribution in [3.8, 4) is 0 Å². The number of carbonyl (C=O) groups excluding carboxylic acids is 2. The molecule has 8 heteroatoms. The molecule has 0 saturated heterocycles. The van der Waals surface area contributed by atoms with Crippen molar-refractivity contribution in [2.24, 2.45) is 0 Å². The number of carbonyl (C=O) groups is 2. The van der Waals surface area contributed by atoms with Gasteiger partial charge in [0.1, 0.15) is 4.88 Å². The second kappa shape index (κ2) is 5.23. The summed E-state index contributed by atoms with van der Waals surface area (Å²) in [5.41, 5.74) is 1.49. The molecule has 94 valence electrons. The molecule has 0 aliphatic heterocycles. The van der Waals surface area contributed by atoms with E-state index < -0.39 is 11.9 Å². The molecule has 2 heterocycles. The van der Waals surface area contributed by atoms with Crippen LogP contribution in [-0.2, 0) is 4.74 Å². The first kappa shape index (κ1) is 12.7. The van der Waals surface area contributed by atoms with Gasteiger partial charge in [-0.25, -0.2) is 4.79 Å². The Morgan fingerprint density at radius 1 is 1.44 bits per heavy atom. The number of methoxy groups -OCH3 is 1. The maximum absolute atomic E-state index is 11.8. The smallest absolute Gasteiger partial charge is 0.350 e. The van der Waals surface area contributed by atoms with E-state index >= 15 is 0 Å². The predicted molar refractivity (Wildman–Crippen MR) is 68.3 cm³/mol. The van der Waals surface area contributed by atoms with Crippen molar-refractivity contribution < 1.29 is 14.3 Å². The van der Waals surface area contributed by atoms with Crippen LogP contribution in [0.4, 0.5) is 5.69 Å². The van der Waals surface area contributed by atoms with E-state index in [-0.39, 0.29) is 5.69 Å². The molecular formula is C10H9N3O3S2. The molecule has 0 saturated carbocycles. The minimum Gasteiger partial charge on any atom is -0.465 e. The highest BCUT2D eigenvalue weighted by molar-refractivity contribution is 7.12. The number of anilines is 1. The fraction of sp³-hybridized carbons (Fsp3) is 0.200. The summed E-state index contributed by atoms with van der Waals surface area (Å²) < 4.78 is 12.2. The number of rotatable bonds is 3. The van der Waals surface area contributed by atoms with Crippen LogP contribution in [0.3, 0.4) is 0 Å². The van der Waals surface area contributed by atoms with Gasteiger partial charge >= 0.3 is 5.97 Å². The molecule has 0 fully saturated rings. The number of thiophene rings is 1. The van der Waals surface area contributed by atoms with Gasteiger partial charge in [0, 0.05) is 0 Å². The molecule has 0 aliphatic rings. The van der Waals surface area contributed by atoms with Gasteiger partial charge < -0.3 is 10.1 Å². The van der Waals surface area contributed by atoms with Gasteiger partial charge in [-0.3, -0.25) is 4.79 Å². The zero-order chi connectivity index (χ0) is 13.1. The van der Waals surface area contributed by atoms with Gasteiger partial charge in [0.05, 0.1) is 30.7 Å². The fourth-order valence-corrected chi connectivity index (χ4v) is 2.62. The van der Waals surface area contributed by atoms with Crippen molar-refractivity contribution in [3.63, 3.8) is 0 Å². The van der Waals surface area contributed by atoms with E-state index in [1.165, 1.54) is 24.6 Å². The van der Waals surface area contributed by atoms with E-state index in [0.717, 1.165) is 17.3 Å². The maximum atomic E-state index is 11.8. The Balaban J connectivity index is 2.26. The third kappa shape index (κ3) is 2.39. The van der Waals surface area contributed by atoms with Crippen LogP contribution >= 0.6 is 23.1 Å². The molecule has 0 unspecified atom stereocenters. The van der Waals surface area contributed by atoms with Gasteiger partial charge in [0.25, 0.3) is 5.91 Å². The number of nitrogens with one attached hydrogen (secondary N) is 1. The lowest BCUT2D eigenvalue weighted by Gasteiger charge is -2.05. The lowest BCUT2D eigenvalue weighted by atomic mass is 10.2. The summed E-state index contributed by atoms with van der Waals surface area (Å²) in [7, 11) is 1.30. The second-order valence-corrected chi connectivity index (χ2v) is 4.80. The summed E-state index contributed by atoms with van der Waals surface area (Å²) in [4.78, 5) is 23.7. The van der Waals surface area contributed by atoms with Gasteiger partial charge in [0.15, 0.2) is 5.69 Å². The molecule has 6 nitrogen and oxygen atoms in total. The van der Waals surface area contributed by atoms with E-state index in [1.807, 2.05) is 0 Å². The summed E-state index contributed by atoms with van der Waals surface area (Å²) in [6.45, 7) is 1.80. The normalized spacial score (nSPS) is 10.1. The largest absolute Gasteiger partial charge is 0.465 e. The summed E-state index contributed by atoms with van der Waals surface area (Å²) >= 11 is 2.18. The number of ether oxygens (including phenoxy) is 1. The molecular weight excluding hydrogens is 274 g/mol. The van der Waals surface area contributed by atoms with Crippen LogP contribution in [0.1, 0.15) is 25.7 Å². The van der Waals surface area contributed by atoms with Crippen LogP contribution in [0.25, 0.3) is 0 Å². The minimum atomic E-state index is -0.472. The Hall–Kier alpha value is -1.80. The molecule has 2 aromatic rings. The molecule has 0 spiro atoms. The van der Waals surface area contributed by atoms with Crippen molar-refractivity contribution in [1.82, 2.24) is 8.75 Å². The first-order chi connectivity index (χ1) is 8.63. The Morgan fingerprint density at radius 2 is 2.22 bits per heavy atom. The van der Waals surface area contributed by atoms with E-state index in [2.05, 4.69) is 18.8 Å². The summed E-state index contributed by atoms with van der Waals surface area (Å²) in [6.07, 6.45) is 1.37. The third-order valence-corrected chi connectivity index (χ3v) is 3.73. The Bertz CT molecular complexity index is 577. The standard InChI is InChI=1S/C10H9N3O3S2/c1-5-4-17-8(10(15)16-2)7(5)12-9(14)6-3-11-18-13-6/h3-4H,1-2H3,(H,12,14). The van der Waals surface area contributed by atoms with Gasteiger partial charge in [-0.2, -0.15) is 8.75 Å². The first-order valence-corrected chi connectivity index (χ1v) is 6.49. The second-order valence-electron chi connectivity index (χ2n) is 3.36. The van der Waals surface area contributed by atoms with Crippen molar-refractivity contribution in [3.05, 3.63) is 27.7 Å². The summed E-state index contributed by atoms with van der Waals surface area (Å²) in [5.74, 6) is -0.866. The number of hydrogen-bond donors (Lipinski definition) is 1. The molecule has 1 N–H and O–H groups in total. The molecule has 1 amide bonds. The third-order valence-electron chi connectivity index (χ3n) is 2.18. The molecule has 18 heavy (non-hydrogen) atoms. The van der Waals surface area contributed by atoms with Gasteiger partial charge in [-0.05, 0) is 17.9 Å². The van der Waals surface area contributed by atoms with Crippen molar-refractivity contribution in [1.29, 1.82) is 0 Å². The average Bonchev–Trinajstić information content (AvgIpc) is 2.99. The molecule has 0 radical (unpaired) electrons. The van der Waals surface area contributed by atoms with E-state index in [9.17, 15) is 9.59 Å². The Morgan fingerprint density at radius 3 is 2.83 bits per heavy atom. The first-order valence-electron chi connectivity index (χ1n) is 4.88. The molecule has 2 aromatic heterocycles. The highest BCUT2D eigenvalue weighted by Crippen LogP contribution is 2.28. The average molecular weight is 283 g/mol. The number of aryl methyl sites for hydroxylation is 1. The number of nitrogens with zero attached hydrogens (tertiary/aromatic N) is 2. The topological polar surface area (TPSA) is 81.2 Å². The van der Waals surface area contributed by atoms with Gasteiger partial charge in [-0.15, -0.1) is 11.3 Å². The number of aromatic nitrogens is 2. The lowest BCUT2D eigenvalue weighted by molar-refractivity contribution is 0.0607. The molecule has 0 atom stereocenters. The highest BCUT2D eigenvalue weighted by Gasteiger charge is 2.19. The van der Waals surface area contributed by atoms with E-state index in [4.69, 9.17) is 0 Å². The minimum absolute atomic E-state index is 0.224. The van der Waals surface area contributed by atoms with Crippen LogP contribution in [0.2, 0.25) is 0 Å². The number of esters is 1. The zero-order valence-corrected chi connectivity index (χ0v) is 11.2. The summed E-state index contributed by atoms with van der Waals surface area (Å²) in [5, 5.41) is 4.43. The van der Waals surface area contributed by atoms with Gasteiger partial charge in [0.2, 0.25) is 0 Å². The zero-order valence-electron chi connectivity index (χ0n) is 9.59. The van der Waals surface area contributed by atoms with Crippen molar-refractivity contribution in [2.45, 2.75) is 6.92 Å². The van der Waals surface area contributed by atoms with Crippen molar-refractivity contribution >= 4 is 40.6 Å². The highest BCUT2D eigenvalue weighted by atomic mass is 32.1. The van der Waals surface area contributed by atoms with E-state index in [1.54, 1.807) is 12.3 Å². The van der Waals surface area contributed by atoms with Crippen LogP contribution in [0.5, 0.6) is 0 Å². The quantitative estimate of drug-likeness (QED) is 0.871. The number of hydrogen-bond acceptors (Lipinski definition) is 7. The fourth-order valence-electron chi connectivity index (χ4n) is 1.28. The summed E-state index contributed by atoms with van der Waals surface area (Å²) in [6, 6.07) is 0. The van der Waals surface area contributed by atoms with E-state index in [0.29, 0.717) is 10.6 Å². The predicted octanol–water partition coefficient (Wildman–Crippen LogP) is 1.95. The number of amides is 1. The van der Waals surface area contributed by atoms with Crippen LogP contribution in [0.15, 0.2) is 11.6 Å². The lowest BCUT2D eigenvalue weighted by Crippen LogP contribution is -2.15. The Kier molecular flexibility index (Phi) is 3.68. The van der Waals surface area contributed by atoms with Crippen molar-refractivity contribution in [2.75, 3.05) is 12.4 Å². The van der Waals surface area contributed by atoms with Crippen LogP contribution in [0, 0.1) is 6.92 Å². The maximum Gasteiger partial charge on any atom is 0.350 e. The Labute approximate surface area is 111 Å². The molecule has 0 aromatic carbocycles. The monoisotopic (exact) mass is 283 g/mol. The van der Waals surface area contributed by atoms with Crippen LogP contribution in [-0.4, -0.2) is 27.7 Å². The molecule has 2 rings (SSSR count). The van der Waals surface area contributed by atoms with Gasteiger partial charge in [-0.1, -0.05) is 0 Å². The van der Waals surface area contributed by atoms with Crippen LogP contribution < -0.4 is 5.32 Å². The SMILES string of the molecule is COC(=O)c1scc(C)c1NC(=O)c1cnsn1.